The Morgan fingerprint density at radius 1 is 1.00 bits per heavy atom. The van der Waals surface area contributed by atoms with Crippen molar-refractivity contribution in [2.24, 2.45) is 5.92 Å². The first-order valence-corrected chi connectivity index (χ1v) is 5.40. The van der Waals surface area contributed by atoms with Crippen LogP contribution in [0.3, 0.4) is 0 Å². The van der Waals surface area contributed by atoms with Crippen LogP contribution in [0.1, 0.15) is 13.8 Å². The van der Waals surface area contributed by atoms with Crippen LogP contribution in [0.5, 0.6) is 0 Å². The van der Waals surface area contributed by atoms with Gasteiger partial charge in [0.05, 0.1) is 13.2 Å². The Morgan fingerprint density at radius 3 is 1.71 bits per heavy atom. The Hall–Kier alpha value is -1.52. The quantitative estimate of drug-likeness (QED) is 0.613. The molecule has 0 aromatic rings. The fourth-order valence-corrected chi connectivity index (χ4v) is 1.02. The first-order valence-electron chi connectivity index (χ1n) is 5.40. The Balaban J connectivity index is 4.85. The molecule has 0 bridgehead atoms. The summed E-state index contributed by atoms with van der Waals surface area (Å²) in [5.74, 6) is -4.48. The maximum absolute atomic E-state index is 12.3. The average Bonchev–Trinajstić information content (AvgIpc) is 2.29. The van der Waals surface area contributed by atoms with Gasteiger partial charge in [-0.1, -0.05) is 6.92 Å². The molecule has 1 atom stereocenters. The summed E-state index contributed by atoms with van der Waals surface area (Å²) >= 11 is 0. The topological polar surface area (TPSA) is 72.8 Å². The SMILES string of the molecule is CC(=O)OCC(C)COC(=O)C(O)(C(F)(F)F)C(F)(F)F. The molecule has 0 fully saturated rings. The molecule has 11 heteroatoms. The van der Waals surface area contributed by atoms with Gasteiger partial charge < -0.3 is 14.6 Å². The summed E-state index contributed by atoms with van der Waals surface area (Å²) in [7, 11) is 0. The second-order valence-corrected chi connectivity index (χ2v) is 4.21. The molecule has 0 aromatic heterocycles. The predicted octanol–water partition coefficient (Wildman–Crippen LogP) is 1.58. The fraction of sp³-hybridized carbons (Fsp3) is 0.800. The Kier molecular flexibility index (Phi) is 6.03. The number of carbonyl (C=O) groups excluding carboxylic acids is 2. The standard InChI is InChI=1S/C10H12F6O5/c1-5(3-20-6(2)17)4-21-7(18)8(19,9(11,12)13)10(14,15)16/h5,19H,3-4H2,1-2H3. The molecular weight excluding hydrogens is 314 g/mol. The number of aliphatic hydroxyl groups is 1. The molecule has 0 radical (unpaired) electrons. The highest BCUT2D eigenvalue weighted by Gasteiger charge is 2.76. The highest BCUT2D eigenvalue weighted by molar-refractivity contribution is 5.81. The molecule has 0 heterocycles. The van der Waals surface area contributed by atoms with Crippen LogP contribution in [0, 0.1) is 5.92 Å². The molecule has 0 saturated heterocycles. The number of carbonyl (C=O) groups is 2. The van der Waals surface area contributed by atoms with E-state index in [-0.39, 0.29) is 6.61 Å². The van der Waals surface area contributed by atoms with Crippen LogP contribution < -0.4 is 0 Å². The minimum absolute atomic E-state index is 0.376. The van der Waals surface area contributed by atoms with Crippen LogP contribution in [0.25, 0.3) is 0 Å². The highest BCUT2D eigenvalue weighted by Crippen LogP contribution is 2.43. The van der Waals surface area contributed by atoms with Crippen molar-refractivity contribution in [3.05, 3.63) is 0 Å². The second-order valence-electron chi connectivity index (χ2n) is 4.21. The Morgan fingerprint density at radius 2 is 1.38 bits per heavy atom. The molecule has 0 aliphatic heterocycles. The van der Waals surface area contributed by atoms with Crippen molar-refractivity contribution in [3.8, 4) is 0 Å². The number of hydrogen-bond acceptors (Lipinski definition) is 5. The molecular formula is C10H12F6O5. The van der Waals surface area contributed by atoms with Gasteiger partial charge >= 0.3 is 29.9 Å². The summed E-state index contributed by atoms with van der Waals surface area (Å²) in [5, 5.41) is 8.67. The van der Waals surface area contributed by atoms with Crippen molar-refractivity contribution in [1.82, 2.24) is 0 Å². The minimum Gasteiger partial charge on any atom is -0.465 e. The highest BCUT2D eigenvalue weighted by atomic mass is 19.4. The molecule has 0 spiro atoms. The van der Waals surface area contributed by atoms with Gasteiger partial charge in [0.2, 0.25) is 0 Å². The number of halogens is 6. The van der Waals surface area contributed by atoms with E-state index < -0.39 is 42.4 Å². The van der Waals surface area contributed by atoms with Gasteiger partial charge in [-0.2, -0.15) is 26.3 Å². The second kappa shape index (κ2) is 6.50. The maximum Gasteiger partial charge on any atom is 0.437 e. The average molecular weight is 326 g/mol. The molecule has 124 valence electrons. The molecule has 0 amide bonds. The first kappa shape index (κ1) is 19.5. The molecule has 0 aliphatic rings. The molecule has 1 N–H and O–H groups in total. The molecule has 0 aromatic carbocycles. The number of alkyl halides is 6. The van der Waals surface area contributed by atoms with E-state index in [0.29, 0.717) is 0 Å². The van der Waals surface area contributed by atoms with Gasteiger partial charge in [-0.05, 0) is 0 Å². The molecule has 0 aliphatic carbocycles. The van der Waals surface area contributed by atoms with E-state index in [1.807, 2.05) is 0 Å². The summed E-state index contributed by atoms with van der Waals surface area (Å²) in [6.45, 7) is 1.00. The summed E-state index contributed by atoms with van der Waals surface area (Å²) in [5.41, 5.74) is -5.61. The molecule has 0 saturated carbocycles. The number of rotatable bonds is 5. The van der Waals surface area contributed by atoms with Gasteiger partial charge in [0.15, 0.2) is 0 Å². The van der Waals surface area contributed by atoms with Crippen molar-refractivity contribution in [2.75, 3.05) is 13.2 Å². The lowest BCUT2D eigenvalue weighted by molar-refractivity contribution is -0.357. The van der Waals surface area contributed by atoms with E-state index in [0.717, 1.165) is 6.92 Å². The van der Waals surface area contributed by atoms with Gasteiger partial charge in [-0.3, -0.25) is 4.79 Å². The maximum atomic E-state index is 12.3. The van der Waals surface area contributed by atoms with Crippen LogP contribution in [-0.2, 0) is 19.1 Å². The number of ether oxygens (including phenoxy) is 2. The molecule has 21 heavy (non-hydrogen) atoms. The summed E-state index contributed by atoms with van der Waals surface area (Å²) in [6, 6.07) is 0. The van der Waals surface area contributed by atoms with Crippen LogP contribution in [0.2, 0.25) is 0 Å². The largest absolute Gasteiger partial charge is 0.465 e. The first-order chi connectivity index (χ1) is 9.23. The van der Waals surface area contributed by atoms with Crippen molar-refractivity contribution in [3.63, 3.8) is 0 Å². The molecule has 0 rings (SSSR count). The lowest BCUT2D eigenvalue weighted by atomic mass is 10.0. The van der Waals surface area contributed by atoms with Crippen LogP contribution >= 0.6 is 0 Å². The summed E-state index contributed by atoms with van der Waals surface area (Å²) in [4.78, 5) is 21.4. The van der Waals surface area contributed by atoms with Crippen molar-refractivity contribution in [2.45, 2.75) is 31.8 Å². The summed E-state index contributed by atoms with van der Waals surface area (Å²) in [6.07, 6.45) is -12.6. The molecule has 5 nitrogen and oxygen atoms in total. The Labute approximate surface area is 114 Å². The normalized spacial score (nSPS) is 14.5. The zero-order chi connectivity index (χ0) is 17.1. The van der Waals surface area contributed by atoms with Crippen LogP contribution in [-0.4, -0.2) is 48.2 Å². The van der Waals surface area contributed by atoms with Crippen molar-refractivity contribution >= 4 is 11.9 Å². The van der Waals surface area contributed by atoms with Crippen molar-refractivity contribution in [1.29, 1.82) is 0 Å². The third-order valence-corrected chi connectivity index (χ3v) is 2.19. The smallest absolute Gasteiger partial charge is 0.437 e. The number of hydrogen-bond donors (Lipinski definition) is 1. The number of esters is 2. The van der Waals surface area contributed by atoms with E-state index in [1.54, 1.807) is 0 Å². The van der Waals surface area contributed by atoms with Gasteiger partial charge in [0.25, 0.3) is 0 Å². The predicted molar refractivity (Wildman–Crippen MR) is 53.8 cm³/mol. The van der Waals surface area contributed by atoms with Gasteiger partial charge in [-0.15, -0.1) is 0 Å². The van der Waals surface area contributed by atoms with E-state index in [1.165, 1.54) is 6.92 Å². The van der Waals surface area contributed by atoms with Crippen LogP contribution in [0.15, 0.2) is 0 Å². The van der Waals surface area contributed by atoms with Crippen molar-refractivity contribution < 1.29 is 50.5 Å². The van der Waals surface area contributed by atoms with Crippen LogP contribution in [0.4, 0.5) is 26.3 Å². The van der Waals surface area contributed by atoms with E-state index in [2.05, 4.69) is 9.47 Å². The Bertz CT molecular complexity index is 374. The zero-order valence-corrected chi connectivity index (χ0v) is 10.8. The molecule has 1 unspecified atom stereocenters. The van der Waals surface area contributed by atoms with E-state index in [4.69, 9.17) is 5.11 Å². The minimum atomic E-state index is -6.29. The zero-order valence-electron chi connectivity index (χ0n) is 10.8. The lowest BCUT2D eigenvalue weighted by Crippen LogP contribution is -2.63. The van der Waals surface area contributed by atoms with Gasteiger partial charge in [0, 0.05) is 12.8 Å². The summed E-state index contributed by atoms with van der Waals surface area (Å²) < 4.78 is 82.0. The van der Waals surface area contributed by atoms with E-state index in [9.17, 15) is 35.9 Å². The monoisotopic (exact) mass is 326 g/mol. The third-order valence-electron chi connectivity index (χ3n) is 2.19. The third kappa shape index (κ3) is 4.76. The fourth-order valence-electron chi connectivity index (χ4n) is 1.02. The van der Waals surface area contributed by atoms with E-state index >= 15 is 0 Å². The van der Waals surface area contributed by atoms with Gasteiger partial charge in [-0.25, -0.2) is 4.79 Å². The van der Waals surface area contributed by atoms with Gasteiger partial charge in [0.1, 0.15) is 0 Å². The lowest BCUT2D eigenvalue weighted by Gasteiger charge is -2.30.